The summed E-state index contributed by atoms with van der Waals surface area (Å²) in [7, 11) is 1.81. The second-order valence-electron chi connectivity index (χ2n) is 5.04. The van der Waals surface area contributed by atoms with Gasteiger partial charge < -0.3 is 10.5 Å². The lowest BCUT2D eigenvalue weighted by Crippen LogP contribution is -2.43. The first-order valence-corrected chi connectivity index (χ1v) is 7.63. The number of methoxy groups -OCH3 is 1. The van der Waals surface area contributed by atoms with E-state index < -0.39 is 0 Å². The van der Waals surface area contributed by atoms with Crippen LogP contribution in [0.4, 0.5) is 0 Å². The first-order valence-electron chi connectivity index (χ1n) is 6.75. The summed E-state index contributed by atoms with van der Waals surface area (Å²) in [4.78, 5) is 3.80. The molecule has 1 aromatic heterocycles. The van der Waals surface area contributed by atoms with Crippen LogP contribution in [-0.2, 0) is 11.3 Å². The molecule has 0 bridgehead atoms. The highest BCUT2D eigenvalue weighted by Crippen LogP contribution is 2.24. The minimum Gasteiger partial charge on any atom is -0.380 e. The van der Waals surface area contributed by atoms with Gasteiger partial charge in [-0.25, -0.2) is 0 Å². The lowest BCUT2D eigenvalue weighted by molar-refractivity contribution is -0.00717. The Morgan fingerprint density at radius 2 is 2.42 bits per heavy atom. The van der Waals surface area contributed by atoms with Crippen molar-refractivity contribution in [2.45, 2.75) is 26.0 Å². The van der Waals surface area contributed by atoms with Crippen LogP contribution in [0.5, 0.6) is 0 Å². The van der Waals surface area contributed by atoms with Crippen LogP contribution in [0.1, 0.15) is 23.8 Å². The maximum absolute atomic E-state index is 5.57. The van der Waals surface area contributed by atoms with Crippen molar-refractivity contribution in [2.75, 3.05) is 26.7 Å². The molecule has 4 heteroatoms. The van der Waals surface area contributed by atoms with Gasteiger partial charge in [0.05, 0.1) is 12.6 Å². The molecule has 1 fully saturated rings. The summed E-state index contributed by atoms with van der Waals surface area (Å²) in [6, 6.07) is 2.09. The van der Waals surface area contributed by atoms with E-state index in [1.165, 1.54) is 11.3 Å². The number of thiophene rings is 1. The molecule has 2 heterocycles. The Balaban J connectivity index is 1.99. The van der Waals surface area contributed by atoms with Crippen molar-refractivity contribution in [2.24, 2.45) is 11.7 Å². The molecule has 2 N–H and O–H groups in total. The van der Waals surface area contributed by atoms with Gasteiger partial charge in [-0.2, -0.15) is 0 Å². The van der Waals surface area contributed by atoms with Gasteiger partial charge in [0.1, 0.15) is 0 Å². The summed E-state index contributed by atoms with van der Waals surface area (Å²) in [5.41, 5.74) is 6.56. The van der Waals surface area contributed by atoms with Crippen molar-refractivity contribution in [1.82, 2.24) is 4.90 Å². The fourth-order valence-electron chi connectivity index (χ4n) is 2.47. The molecule has 1 aromatic rings. The molecule has 2 unspecified atom stereocenters. The quantitative estimate of drug-likeness (QED) is 0.859. The van der Waals surface area contributed by atoms with Crippen LogP contribution in [-0.4, -0.2) is 37.7 Å². The maximum atomic E-state index is 5.57. The number of hydrogen-bond acceptors (Lipinski definition) is 4. The monoisotopic (exact) mass is 278 g/mol. The highest BCUT2D eigenvalue weighted by Gasteiger charge is 2.26. The summed E-state index contributed by atoms with van der Waals surface area (Å²) in [6.45, 7) is 5.82. The van der Waals surface area contributed by atoms with Gasteiger partial charge in [-0.3, -0.25) is 4.90 Å². The molecule has 19 heavy (non-hydrogen) atoms. The van der Waals surface area contributed by atoms with E-state index in [0.29, 0.717) is 18.6 Å². The Bertz CT molecular complexity index is 460. The number of hydrogen-bond donors (Lipinski definition) is 1. The van der Waals surface area contributed by atoms with Crippen molar-refractivity contribution >= 4 is 11.3 Å². The van der Waals surface area contributed by atoms with Gasteiger partial charge in [0.25, 0.3) is 0 Å². The number of likely N-dealkylation sites (tertiary alicyclic amines) is 1. The van der Waals surface area contributed by atoms with Crippen LogP contribution in [0.25, 0.3) is 0 Å². The van der Waals surface area contributed by atoms with E-state index in [0.717, 1.165) is 25.2 Å². The standard InChI is InChI=1S/C15H22N2OS/c1-12-5-8-17(10-14(12)18-2)11-15-13(4-3-7-16)6-9-19-15/h6,9,12,14H,5,7-8,10-11,16H2,1-2H3. The Kier molecular flexibility index (Phi) is 5.41. The zero-order valence-electron chi connectivity index (χ0n) is 11.7. The maximum Gasteiger partial charge on any atom is 0.0724 e. The SMILES string of the molecule is COC1CN(Cc2sccc2C#CCN)CCC1C. The van der Waals surface area contributed by atoms with E-state index >= 15 is 0 Å². The van der Waals surface area contributed by atoms with Crippen LogP contribution in [0.3, 0.4) is 0 Å². The summed E-state index contributed by atoms with van der Waals surface area (Å²) < 4.78 is 5.57. The average Bonchev–Trinajstić information content (AvgIpc) is 2.86. The van der Waals surface area contributed by atoms with E-state index in [4.69, 9.17) is 10.5 Å². The molecule has 104 valence electrons. The minimum absolute atomic E-state index is 0.354. The van der Waals surface area contributed by atoms with Gasteiger partial charge in [-0.05, 0) is 30.3 Å². The second kappa shape index (κ2) is 7.06. The molecule has 0 amide bonds. The van der Waals surface area contributed by atoms with Gasteiger partial charge in [-0.1, -0.05) is 18.8 Å². The summed E-state index contributed by atoms with van der Waals surface area (Å²) in [5, 5.41) is 2.11. The molecule has 2 atom stereocenters. The third-order valence-electron chi connectivity index (χ3n) is 3.71. The van der Waals surface area contributed by atoms with Crippen LogP contribution >= 0.6 is 11.3 Å². The first kappa shape index (κ1) is 14.5. The average molecular weight is 278 g/mol. The number of rotatable bonds is 3. The molecule has 2 rings (SSSR count). The molecule has 0 aromatic carbocycles. The van der Waals surface area contributed by atoms with Gasteiger partial charge in [-0.15, -0.1) is 11.3 Å². The molecular weight excluding hydrogens is 256 g/mol. The summed E-state index contributed by atoms with van der Waals surface area (Å²) in [6.07, 6.45) is 1.56. The number of ether oxygens (including phenoxy) is 1. The number of nitrogens with two attached hydrogens (primary N) is 1. The van der Waals surface area contributed by atoms with E-state index in [1.807, 2.05) is 7.11 Å². The largest absolute Gasteiger partial charge is 0.380 e. The molecule has 0 aliphatic carbocycles. The van der Waals surface area contributed by atoms with Gasteiger partial charge in [0.2, 0.25) is 0 Å². The van der Waals surface area contributed by atoms with Gasteiger partial charge >= 0.3 is 0 Å². The van der Waals surface area contributed by atoms with Crippen LogP contribution in [0, 0.1) is 17.8 Å². The van der Waals surface area contributed by atoms with Crippen LogP contribution < -0.4 is 5.73 Å². The van der Waals surface area contributed by atoms with E-state index in [1.54, 1.807) is 11.3 Å². The molecule has 0 saturated carbocycles. The highest BCUT2D eigenvalue weighted by atomic mass is 32.1. The van der Waals surface area contributed by atoms with Crippen LogP contribution in [0.2, 0.25) is 0 Å². The number of piperidine rings is 1. The predicted octanol–water partition coefficient (Wildman–Crippen LogP) is 1.92. The summed E-state index contributed by atoms with van der Waals surface area (Å²) >= 11 is 1.78. The zero-order chi connectivity index (χ0) is 13.7. The third kappa shape index (κ3) is 3.80. The van der Waals surface area contributed by atoms with E-state index in [-0.39, 0.29) is 0 Å². The van der Waals surface area contributed by atoms with Crippen molar-refractivity contribution in [3.8, 4) is 11.8 Å². The predicted molar refractivity (Wildman–Crippen MR) is 80.1 cm³/mol. The van der Waals surface area contributed by atoms with Crippen LogP contribution in [0.15, 0.2) is 11.4 Å². The smallest absolute Gasteiger partial charge is 0.0724 e. The highest BCUT2D eigenvalue weighted by molar-refractivity contribution is 7.10. The zero-order valence-corrected chi connectivity index (χ0v) is 12.5. The van der Waals surface area contributed by atoms with Gasteiger partial charge in [0, 0.05) is 30.6 Å². The molecule has 1 saturated heterocycles. The lowest BCUT2D eigenvalue weighted by atomic mass is 9.96. The number of nitrogens with zero attached hydrogens (tertiary/aromatic N) is 1. The van der Waals surface area contributed by atoms with Crippen molar-refractivity contribution < 1.29 is 4.74 Å². The first-order chi connectivity index (χ1) is 9.24. The summed E-state index contributed by atoms with van der Waals surface area (Å²) in [5.74, 6) is 6.74. The van der Waals surface area contributed by atoms with Gasteiger partial charge in [0.15, 0.2) is 0 Å². The van der Waals surface area contributed by atoms with E-state index in [2.05, 4.69) is 35.1 Å². The second-order valence-corrected chi connectivity index (χ2v) is 6.04. The molecular formula is C15H22N2OS. The molecule has 1 aliphatic heterocycles. The molecule has 3 nitrogen and oxygen atoms in total. The fourth-order valence-corrected chi connectivity index (χ4v) is 3.34. The minimum atomic E-state index is 0.354. The normalized spacial score (nSPS) is 23.9. The lowest BCUT2D eigenvalue weighted by Gasteiger charge is -2.36. The van der Waals surface area contributed by atoms with Crippen molar-refractivity contribution in [3.63, 3.8) is 0 Å². The Hall–Kier alpha value is -0.860. The fraction of sp³-hybridized carbons (Fsp3) is 0.600. The van der Waals surface area contributed by atoms with E-state index in [9.17, 15) is 0 Å². The van der Waals surface area contributed by atoms with Crippen molar-refractivity contribution in [3.05, 3.63) is 21.9 Å². The third-order valence-corrected chi connectivity index (χ3v) is 4.62. The Morgan fingerprint density at radius 3 is 3.16 bits per heavy atom. The molecule has 1 aliphatic rings. The molecule has 0 radical (unpaired) electrons. The molecule has 0 spiro atoms. The Morgan fingerprint density at radius 1 is 1.58 bits per heavy atom. The Labute approximate surface area is 119 Å². The topological polar surface area (TPSA) is 38.5 Å². The van der Waals surface area contributed by atoms with Crippen molar-refractivity contribution in [1.29, 1.82) is 0 Å².